The summed E-state index contributed by atoms with van der Waals surface area (Å²) in [5, 5.41) is 0. The van der Waals surface area contributed by atoms with Crippen LogP contribution >= 0.6 is 0 Å². The van der Waals surface area contributed by atoms with E-state index in [4.69, 9.17) is 0 Å². The number of benzene rings is 8. The van der Waals surface area contributed by atoms with Crippen LogP contribution in [0.2, 0.25) is 0 Å². The van der Waals surface area contributed by atoms with Crippen LogP contribution in [-0.2, 0) is 0 Å². The number of rotatable bonds is 4. The minimum absolute atomic E-state index is 1.21. The number of hydrogen-bond acceptors (Lipinski definition) is 0. The molecule has 9 rings (SSSR count). The molecule has 0 saturated carbocycles. The first kappa shape index (κ1) is 31.7. The fourth-order valence-corrected chi connectivity index (χ4v) is 8.15. The van der Waals surface area contributed by atoms with E-state index in [9.17, 15) is 0 Å². The van der Waals surface area contributed by atoms with E-state index in [1.807, 2.05) is 0 Å². The van der Waals surface area contributed by atoms with Crippen molar-refractivity contribution < 1.29 is 0 Å². The maximum absolute atomic E-state index is 2.35. The van der Waals surface area contributed by atoms with Gasteiger partial charge in [-0.25, -0.2) is 0 Å². The van der Waals surface area contributed by atoms with Gasteiger partial charge in [-0.05, 0) is 117 Å². The van der Waals surface area contributed by atoms with Gasteiger partial charge in [0.15, 0.2) is 0 Å². The Bertz CT molecular complexity index is 2420. The van der Waals surface area contributed by atoms with Crippen molar-refractivity contribution in [3.8, 4) is 89.0 Å². The Morgan fingerprint density at radius 1 is 0.192 bits per heavy atom. The predicted molar refractivity (Wildman–Crippen MR) is 222 cm³/mol. The second-order valence-electron chi connectivity index (χ2n) is 14.4. The van der Waals surface area contributed by atoms with Crippen LogP contribution in [0.1, 0.15) is 22.3 Å². The molecule has 0 heterocycles. The van der Waals surface area contributed by atoms with Crippen molar-refractivity contribution in [3.63, 3.8) is 0 Å². The Balaban J connectivity index is 1.62. The minimum atomic E-state index is 1.21. The van der Waals surface area contributed by atoms with Crippen molar-refractivity contribution in [1.82, 2.24) is 0 Å². The van der Waals surface area contributed by atoms with Crippen LogP contribution in [0, 0.1) is 27.7 Å². The molecule has 8 aromatic carbocycles. The third-order valence-corrected chi connectivity index (χ3v) is 10.8. The van der Waals surface area contributed by atoms with E-state index < -0.39 is 0 Å². The highest BCUT2D eigenvalue weighted by Gasteiger charge is 2.32. The van der Waals surface area contributed by atoms with Crippen molar-refractivity contribution in [2.45, 2.75) is 27.7 Å². The fraction of sp³-hybridized carbons (Fsp3) is 0.0769. The molecule has 0 spiro atoms. The number of fused-ring (bicyclic) bond motifs is 8. The molecule has 0 unspecified atom stereocenters. The molecule has 8 aromatic rings. The van der Waals surface area contributed by atoms with E-state index in [0.717, 1.165) is 0 Å². The Hall–Kier alpha value is -6.24. The average molecular weight is 665 g/mol. The number of hydrogen-bond donors (Lipinski definition) is 0. The van der Waals surface area contributed by atoms with Crippen LogP contribution in [0.3, 0.4) is 0 Å². The summed E-state index contributed by atoms with van der Waals surface area (Å²) in [7, 11) is 0. The van der Waals surface area contributed by atoms with Gasteiger partial charge >= 0.3 is 0 Å². The van der Waals surface area contributed by atoms with Crippen molar-refractivity contribution in [2.24, 2.45) is 0 Å². The van der Waals surface area contributed by atoms with Crippen LogP contribution in [0.4, 0.5) is 0 Å². The van der Waals surface area contributed by atoms with E-state index in [2.05, 4.69) is 198 Å². The number of aryl methyl sites for hydroxylation is 4. The molecule has 0 bridgehead atoms. The smallest absolute Gasteiger partial charge is 0.000741 e. The molecule has 0 aliphatic heterocycles. The summed E-state index contributed by atoms with van der Waals surface area (Å²) in [4.78, 5) is 0. The highest BCUT2D eigenvalue weighted by molar-refractivity contribution is 6.18. The lowest BCUT2D eigenvalue weighted by atomic mass is 9.71. The van der Waals surface area contributed by atoms with Crippen LogP contribution in [0.15, 0.2) is 170 Å². The lowest BCUT2D eigenvalue weighted by Crippen LogP contribution is -2.05. The first-order chi connectivity index (χ1) is 25.5. The molecule has 52 heavy (non-hydrogen) atoms. The summed E-state index contributed by atoms with van der Waals surface area (Å²) in [5.41, 5.74) is 24.9. The third kappa shape index (κ3) is 5.31. The minimum Gasteiger partial charge on any atom is -0.0616 e. The van der Waals surface area contributed by atoms with E-state index in [1.54, 1.807) is 0 Å². The summed E-state index contributed by atoms with van der Waals surface area (Å²) >= 11 is 0. The summed E-state index contributed by atoms with van der Waals surface area (Å²) in [5.74, 6) is 0. The SMILES string of the molecule is Cc1ccc(-c2c(-c3ccc(C)cc3)c(-c3ccc(C)cc3)c3c(c2-c2ccc(C)cc2)-c2ccccc2-c2ccccc2-c2ccccc2-3)cc1. The van der Waals surface area contributed by atoms with E-state index in [0.29, 0.717) is 0 Å². The maximum Gasteiger partial charge on any atom is -0.000741 e. The van der Waals surface area contributed by atoms with Gasteiger partial charge < -0.3 is 0 Å². The molecule has 0 heteroatoms. The van der Waals surface area contributed by atoms with Crippen molar-refractivity contribution in [2.75, 3.05) is 0 Å². The van der Waals surface area contributed by atoms with Crippen LogP contribution < -0.4 is 0 Å². The molecule has 0 fully saturated rings. The second-order valence-corrected chi connectivity index (χ2v) is 14.4. The Morgan fingerprint density at radius 2 is 0.385 bits per heavy atom. The van der Waals surface area contributed by atoms with Gasteiger partial charge in [0.25, 0.3) is 0 Å². The molecule has 0 saturated heterocycles. The van der Waals surface area contributed by atoms with Gasteiger partial charge in [-0.3, -0.25) is 0 Å². The summed E-state index contributed by atoms with van der Waals surface area (Å²) < 4.78 is 0. The molecular weight excluding hydrogens is 625 g/mol. The molecule has 0 aromatic heterocycles. The molecule has 0 radical (unpaired) electrons. The molecule has 0 atom stereocenters. The summed E-state index contributed by atoms with van der Waals surface area (Å²) in [6.45, 7) is 8.70. The van der Waals surface area contributed by atoms with Crippen LogP contribution in [0.25, 0.3) is 89.0 Å². The zero-order valence-corrected chi connectivity index (χ0v) is 30.2. The van der Waals surface area contributed by atoms with Gasteiger partial charge in [-0.15, -0.1) is 0 Å². The zero-order chi connectivity index (χ0) is 35.3. The lowest BCUT2D eigenvalue weighted by molar-refractivity contribution is 1.43. The second kappa shape index (κ2) is 12.8. The first-order valence-electron chi connectivity index (χ1n) is 18.3. The van der Waals surface area contributed by atoms with Gasteiger partial charge in [0.1, 0.15) is 0 Å². The Kier molecular flexibility index (Phi) is 7.82. The standard InChI is InChI=1S/C52H40/c1-33-17-25-37(26-18-33)47-48(38-27-19-34(2)20-28-38)50(40-31-23-36(4)24-32-40)52-46-16-10-8-14-44(46)42-12-6-5-11-41(42)43-13-7-9-15-45(43)51(52)49(47)39-29-21-35(3)22-30-39/h5-32H,1-4H3. The largest absolute Gasteiger partial charge is 0.0616 e. The first-order valence-corrected chi connectivity index (χ1v) is 18.3. The Labute approximate surface area is 307 Å². The van der Waals surface area contributed by atoms with Gasteiger partial charge in [0, 0.05) is 0 Å². The molecule has 0 amide bonds. The highest BCUT2D eigenvalue weighted by atomic mass is 14.3. The van der Waals surface area contributed by atoms with Crippen LogP contribution in [0.5, 0.6) is 0 Å². The molecule has 1 aliphatic rings. The highest BCUT2D eigenvalue weighted by Crippen LogP contribution is 2.59. The normalized spacial score (nSPS) is 11.5. The molecule has 0 N–H and O–H groups in total. The van der Waals surface area contributed by atoms with Gasteiger partial charge in [0.2, 0.25) is 0 Å². The van der Waals surface area contributed by atoms with Gasteiger partial charge in [-0.1, -0.05) is 192 Å². The lowest BCUT2D eigenvalue weighted by Gasteiger charge is -2.32. The molecule has 248 valence electrons. The van der Waals surface area contributed by atoms with Gasteiger partial charge in [0.05, 0.1) is 0 Å². The van der Waals surface area contributed by atoms with E-state index in [-0.39, 0.29) is 0 Å². The van der Waals surface area contributed by atoms with Crippen molar-refractivity contribution >= 4 is 0 Å². The maximum atomic E-state index is 2.35. The predicted octanol–water partition coefficient (Wildman–Crippen LogP) is 14.6. The molecule has 1 aliphatic carbocycles. The summed E-state index contributed by atoms with van der Waals surface area (Å²) in [6.07, 6.45) is 0. The average Bonchev–Trinajstić information content (AvgIpc) is 3.18. The molecular formula is C52H40. The quantitative estimate of drug-likeness (QED) is 0.176. The van der Waals surface area contributed by atoms with Crippen molar-refractivity contribution in [1.29, 1.82) is 0 Å². The van der Waals surface area contributed by atoms with E-state index >= 15 is 0 Å². The Morgan fingerprint density at radius 3 is 0.635 bits per heavy atom. The van der Waals surface area contributed by atoms with Gasteiger partial charge in [-0.2, -0.15) is 0 Å². The zero-order valence-electron chi connectivity index (χ0n) is 30.2. The van der Waals surface area contributed by atoms with Crippen LogP contribution in [-0.4, -0.2) is 0 Å². The van der Waals surface area contributed by atoms with Crippen molar-refractivity contribution in [3.05, 3.63) is 192 Å². The molecule has 0 nitrogen and oxygen atoms in total. The monoisotopic (exact) mass is 664 g/mol. The fourth-order valence-electron chi connectivity index (χ4n) is 8.15. The third-order valence-electron chi connectivity index (χ3n) is 10.8. The van der Waals surface area contributed by atoms with E-state index in [1.165, 1.54) is 111 Å². The topological polar surface area (TPSA) is 0 Å². The summed E-state index contributed by atoms with van der Waals surface area (Å²) in [6, 6.07) is 63.8.